The van der Waals surface area contributed by atoms with Gasteiger partial charge in [0, 0.05) is 11.6 Å². The van der Waals surface area contributed by atoms with E-state index in [1.54, 1.807) is 0 Å². The van der Waals surface area contributed by atoms with E-state index in [0.717, 1.165) is 28.0 Å². The Hall–Kier alpha value is -1.07. The summed E-state index contributed by atoms with van der Waals surface area (Å²) in [6.45, 7) is 9.20. The predicted octanol–water partition coefficient (Wildman–Crippen LogP) is 3.83. The van der Waals surface area contributed by atoms with Crippen molar-refractivity contribution in [3.8, 4) is 0 Å². The molecule has 2 rings (SSSR count). The Morgan fingerprint density at radius 1 is 1.47 bits per heavy atom. The van der Waals surface area contributed by atoms with Crippen molar-refractivity contribution in [1.82, 2.24) is 15.1 Å². The predicted molar refractivity (Wildman–Crippen MR) is 79.3 cm³/mol. The first kappa shape index (κ1) is 14.3. The van der Waals surface area contributed by atoms with Crippen LogP contribution in [0.2, 0.25) is 0 Å². The molecule has 2 aromatic heterocycles. The Kier molecular flexibility index (Phi) is 4.47. The molecule has 4 nitrogen and oxygen atoms in total. The van der Waals surface area contributed by atoms with Gasteiger partial charge in [0.25, 0.3) is 0 Å². The van der Waals surface area contributed by atoms with Gasteiger partial charge in [-0.15, -0.1) is 0 Å². The number of furan rings is 1. The minimum atomic E-state index is 0.0849. The summed E-state index contributed by atoms with van der Waals surface area (Å²) < 4.78 is 8.51. The molecule has 2 heterocycles. The largest absolute Gasteiger partial charge is 0.469 e. The van der Waals surface area contributed by atoms with E-state index in [-0.39, 0.29) is 6.04 Å². The molecule has 0 aliphatic carbocycles. The van der Waals surface area contributed by atoms with E-state index in [0.29, 0.717) is 6.04 Å². The third kappa shape index (κ3) is 2.92. The Morgan fingerprint density at radius 3 is 2.74 bits per heavy atom. The number of aromatic nitrogens is 2. The van der Waals surface area contributed by atoms with Crippen LogP contribution < -0.4 is 5.32 Å². The Morgan fingerprint density at radius 2 is 2.21 bits per heavy atom. The molecule has 104 valence electrons. The van der Waals surface area contributed by atoms with Gasteiger partial charge in [-0.3, -0.25) is 4.68 Å². The number of nitrogens with one attached hydrogen (secondary N) is 1. The fourth-order valence-electron chi connectivity index (χ4n) is 2.22. The summed E-state index contributed by atoms with van der Waals surface area (Å²) in [4.78, 5) is 0. The molecular formula is C14H20BrN3O. The van der Waals surface area contributed by atoms with Crippen molar-refractivity contribution in [2.45, 2.75) is 39.8 Å². The minimum Gasteiger partial charge on any atom is -0.469 e. The van der Waals surface area contributed by atoms with Crippen molar-refractivity contribution in [2.75, 3.05) is 6.54 Å². The molecule has 1 N–H and O–H groups in total. The molecule has 0 aliphatic rings. The van der Waals surface area contributed by atoms with E-state index in [4.69, 9.17) is 4.42 Å². The zero-order valence-electron chi connectivity index (χ0n) is 11.8. The third-order valence-electron chi connectivity index (χ3n) is 3.04. The Bertz CT molecular complexity index is 545. The first-order chi connectivity index (χ1) is 9.04. The van der Waals surface area contributed by atoms with Gasteiger partial charge >= 0.3 is 0 Å². The first-order valence-electron chi connectivity index (χ1n) is 6.55. The fraction of sp³-hybridized carbons (Fsp3) is 0.500. The van der Waals surface area contributed by atoms with Gasteiger partial charge in [0.05, 0.1) is 28.7 Å². The van der Waals surface area contributed by atoms with E-state index in [1.807, 2.05) is 24.1 Å². The van der Waals surface area contributed by atoms with Crippen LogP contribution in [0.3, 0.4) is 0 Å². The normalized spacial score (nSPS) is 13.2. The molecule has 0 fully saturated rings. The van der Waals surface area contributed by atoms with Crippen LogP contribution in [0.25, 0.3) is 0 Å². The van der Waals surface area contributed by atoms with Crippen LogP contribution in [-0.4, -0.2) is 16.3 Å². The minimum absolute atomic E-state index is 0.0849. The molecule has 1 atom stereocenters. The lowest BCUT2D eigenvalue weighted by molar-refractivity contribution is 0.471. The molecule has 0 saturated heterocycles. The maximum absolute atomic E-state index is 5.45. The molecule has 0 spiro atoms. The maximum atomic E-state index is 5.45. The molecule has 0 bridgehead atoms. The van der Waals surface area contributed by atoms with Gasteiger partial charge in [-0.25, -0.2) is 0 Å². The Balaban J connectivity index is 2.47. The molecule has 19 heavy (non-hydrogen) atoms. The standard InChI is InChI=1S/C14H20BrN3O/c1-5-16-13(11-6-10(4)19-8-11)14-12(15)7-17-18(14)9(2)3/h6-9,13,16H,5H2,1-4H3. The SMILES string of the molecule is CCNC(c1coc(C)c1)c1c(Br)cnn1C(C)C. The molecule has 0 aromatic carbocycles. The van der Waals surface area contributed by atoms with Gasteiger partial charge in [0.2, 0.25) is 0 Å². The molecular weight excluding hydrogens is 306 g/mol. The average Bonchev–Trinajstić information content (AvgIpc) is 2.93. The van der Waals surface area contributed by atoms with Crippen LogP contribution >= 0.6 is 15.9 Å². The van der Waals surface area contributed by atoms with E-state index in [2.05, 4.69) is 53.2 Å². The van der Waals surface area contributed by atoms with Crippen LogP contribution in [0.1, 0.15) is 49.9 Å². The highest BCUT2D eigenvalue weighted by molar-refractivity contribution is 9.10. The second-order valence-corrected chi connectivity index (χ2v) is 5.75. The smallest absolute Gasteiger partial charge is 0.101 e. The second-order valence-electron chi connectivity index (χ2n) is 4.90. The van der Waals surface area contributed by atoms with Crippen LogP contribution in [0.4, 0.5) is 0 Å². The van der Waals surface area contributed by atoms with Gasteiger partial charge in [0.15, 0.2) is 0 Å². The number of hydrogen-bond acceptors (Lipinski definition) is 3. The molecule has 1 unspecified atom stereocenters. The second kappa shape index (κ2) is 5.92. The molecule has 0 radical (unpaired) electrons. The summed E-state index contributed by atoms with van der Waals surface area (Å²) in [5.41, 5.74) is 2.26. The van der Waals surface area contributed by atoms with Gasteiger partial charge in [0.1, 0.15) is 5.76 Å². The van der Waals surface area contributed by atoms with Crippen molar-refractivity contribution in [3.63, 3.8) is 0 Å². The summed E-state index contributed by atoms with van der Waals surface area (Å²) in [7, 11) is 0. The van der Waals surface area contributed by atoms with E-state index >= 15 is 0 Å². The van der Waals surface area contributed by atoms with Gasteiger partial charge in [-0.2, -0.15) is 5.10 Å². The number of nitrogens with zero attached hydrogens (tertiary/aromatic N) is 2. The highest BCUT2D eigenvalue weighted by atomic mass is 79.9. The van der Waals surface area contributed by atoms with Crippen LogP contribution in [0.15, 0.2) is 27.4 Å². The zero-order valence-corrected chi connectivity index (χ0v) is 13.4. The molecule has 0 amide bonds. The summed E-state index contributed by atoms with van der Waals surface area (Å²) in [6.07, 6.45) is 3.67. The number of rotatable bonds is 5. The third-order valence-corrected chi connectivity index (χ3v) is 3.65. The highest BCUT2D eigenvalue weighted by Crippen LogP contribution is 2.31. The van der Waals surface area contributed by atoms with Crippen molar-refractivity contribution >= 4 is 15.9 Å². The van der Waals surface area contributed by atoms with E-state index in [9.17, 15) is 0 Å². The quantitative estimate of drug-likeness (QED) is 0.908. The van der Waals surface area contributed by atoms with Crippen LogP contribution in [0.5, 0.6) is 0 Å². The maximum Gasteiger partial charge on any atom is 0.101 e. The average molecular weight is 326 g/mol. The lowest BCUT2D eigenvalue weighted by atomic mass is 10.1. The van der Waals surface area contributed by atoms with Crippen molar-refractivity contribution in [2.24, 2.45) is 0 Å². The molecule has 0 aliphatic heterocycles. The highest BCUT2D eigenvalue weighted by Gasteiger charge is 2.23. The van der Waals surface area contributed by atoms with Crippen LogP contribution in [-0.2, 0) is 0 Å². The van der Waals surface area contributed by atoms with Crippen LogP contribution in [0, 0.1) is 6.92 Å². The van der Waals surface area contributed by atoms with Crippen molar-refractivity contribution in [3.05, 3.63) is 40.0 Å². The van der Waals surface area contributed by atoms with Gasteiger partial charge in [-0.05, 0) is 49.3 Å². The fourth-order valence-corrected chi connectivity index (χ4v) is 2.73. The van der Waals surface area contributed by atoms with E-state index in [1.165, 1.54) is 0 Å². The number of hydrogen-bond donors (Lipinski definition) is 1. The van der Waals surface area contributed by atoms with Crippen molar-refractivity contribution < 1.29 is 4.42 Å². The summed E-state index contributed by atoms with van der Waals surface area (Å²) in [6, 6.07) is 2.47. The Labute approximate surface area is 122 Å². The zero-order chi connectivity index (χ0) is 14.0. The van der Waals surface area contributed by atoms with Gasteiger partial charge < -0.3 is 9.73 Å². The van der Waals surface area contributed by atoms with E-state index < -0.39 is 0 Å². The first-order valence-corrected chi connectivity index (χ1v) is 7.35. The number of aryl methyl sites for hydroxylation is 1. The monoisotopic (exact) mass is 325 g/mol. The summed E-state index contributed by atoms with van der Waals surface area (Å²) in [5, 5.41) is 7.95. The molecule has 2 aromatic rings. The van der Waals surface area contributed by atoms with Gasteiger partial charge in [-0.1, -0.05) is 6.92 Å². The summed E-state index contributed by atoms with van der Waals surface area (Å²) >= 11 is 3.61. The topological polar surface area (TPSA) is 43.0 Å². The lowest BCUT2D eigenvalue weighted by Crippen LogP contribution is -2.25. The molecule has 0 saturated carbocycles. The molecule has 5 heteroatoms. The number of halogens is 1. The summed E-state index contributed by atoms with van der Waals surface area (Å²) in [5.74, 6) is 0.921. The lowest BCUT2D eigenvalue weighted by Gasteiger charge is -2.20. The van der Waals surface area contributed by atoms with Crippen molar-refractivity contribution in [1.29, 1.82) is 0 Å².